The normalized spacial score (nSPS) is 30.5. The van der Waals surface area contributed by atoms with Crippen molar-refractivity contribution in [3.8, 4) is 0 Å². The Hall–Kier alpha value is -0.0400. The quantitative estimate of drug-likeness (QED) is 0.325. The van der Waals surface area contributed by atoms with E-state index >= 15 is 0 Å². The Morgan fingerprint density at radius 1 is 0.600 bits per heavy atom. The molecular formula is C24H46O. The predicted molar refractivity (Wildman–Crippen MR) is 110 cm³/mol. The van der Waals surface area contributed by atoms with Gasteiger partial charge >= 0.3 is 0 Å². The Bertz CT molecular complexity index is 297. The SMILES string of the molecule is CCCCCCO[C@H]1CC[C@H]([C@H]2CC[C@H](CCCCCC)CC2)CC1. The fraction of sp³-hybridized carbons (Fsp3) is 1.00. The molecule has 0 amide bonds. The third kappa shape index (κ3) is 8.46. The van der Waals surface area contributed by atoms with Crippen LogP contribution in [0, 0.1) is 17.8 Å². The third-order valence-electron chi connectivity index (χ3n) is 7.09. The molecule has 0 saturated heterocycles. The first kappa shape index (κ1) is 21.3. The first-order chi connectivity index (χ1) is 12.3. The van der Waals surface area contributed by atoms with Crippen LogP contribution in [0.1, 0.15) is 123 Å². The monoisotopic (exact) mass is 350 g/mol. The molecule has 0 aromatic carbocycles. The highest BCUT2D eigenvalue weighted by Gasteiger charge is 2.30. The lowest BCUT2D eigenvalue weighted by Gasteiger charge is -2.38. The van der Waals surface area contributed by atoms with Gasteiger partial charge in [0, 0.05) is 6.61 Å². The second-order valence-electron chi connectivity index (χ2n) is 9.10. The van der Waals surface area contributed by atoms with Gasteiger partial charge in [0.2, 0.25) is 0 Å². The minimum absolute atomic E-state index is 0.591. The van der Waals surface area contributed by atoms with Crippen LogP contribution in [0.4, 0.5) is 0 Å². The van der Waals surface area contributed by atoms with Crippen molar-refractivity contribution in [2.24, 2.45) is 17.8 Å². The number of hydrogen-bond donors (Lipinski definition) is 0. The van der Waals surface area contributed by atoms with Gasteiger partial charge in [-0.25, -0.2) is 0 Å². The lowest BCUT2D eigenvalue weighted by Crippen LogP contribution is -2.28. The Morgan fingerprint density at radius 2 is 1.16 bits per heavy atom. The average molecular weight is 351 g/mol. The maximum Gasteiger partial charge on any atom is 0.0575 e. The van der Waals surface area contributed by atoms with E-state index in [1.165, 1.54) is 109 Å². The van der Waals surface area contributed by atoms with Crippen molar-refractivity contribution < 1.29 is 4.74 Å². The van der Waals surface area contributed by atoms with E-state index in [4.69, 9.17) is 4.74 Å². The first-order valence-corrected chi connectivity index (χ1v) is 11.9. The summed E-state index contributed by atoms with van der Waals surface area (Å²) in [4.78, 5) is 0. The molecule has 0 aliphatic heterocycles. The second kappa shape index (κ2) is 13.2. The van der Waals surface area contributed by atoms with Gasteiger partial charge in [-0.1, -0.05) is 78.1 Å². The van der Waals surface area contributed by atoms with Gasteiger partial charge in [0.1, 0.15) is 0 Å². The van der Waals surface area contributed by atoms with E-state index in [9.17, 15) is 0 Å². The number of hydrogen-bond acceptors (Lipinski definition) is 1. The van der Waals surface area contributed by atoms with Gasteiger partial charge < -0.3 is 4.74 Å². The van der Waals surface area contributed by atoms with Gasteiger partial charge in [0.15, 0.2) is 0 Å². The largest absolute Gasteiger partial charge is 0.378 e. The summed E-state index contributed by atoms with van der Waals surface area (Å²) >= 11 is 0. The minimum Gasteiger partial charge on any atom is -0.378 e. The molecule has 1 nitrogen and oxygen atoms in total. The summed E-state index contributed by atoms with van der Waals surface area (Å²) in [5.41, 5.74) is 0. The van der Waals surface area contributed by atoms with Gasteiger partial charge in [0.25, 0.3) is 0 Å². The number of ether oxygens (including phenoxy) is 1. The Labute approximate surface area is 158 Å². The molecule has 2 rings (SSSR count). The zero-order valence-electron chi connectivity index (χ0n) is 17.4. The van der Waals surface area contributed by atoms with Crippen molar-refractivity contribution in [3.05, 3.63) is 0 Å². The van der Waals surface area contributed by atoms with Crippen molar-refractivity contribution in [3.63, 3.8) is 0 Å². The van der Waals surface area contributed by atoms with E-state index in [-0.39, 0.29) is 0 Å². The number of unbranched alkanes of at least 4 members (excludes halogenated alkanes) is 6. The molecule has 1 heteroatoms. The van der Waals surface area contributed by atoms with Crippen LogP contribution in [0.2, 0.25) is 0 Å². The summed E-state index contributed by atoms with van der Waals surface area (Å²) in [6, 6.07) is 0. The molecule has 0 atom stereocenters. The van der Waals surface area contributed by atoms with Crippen LogP contribution in [0.5, 0.6) is 0 Å². The molecule has 2 aliphatic rings. The Kier molecular flexibility index (Phi) is 11.2. The van der Waals surface area contributed by atoms with Crippen molar-refractivity contribution in [1.82, 2.24) is 0 Å². The van der Waals surface area contributed by atoms with E-state index in [0.29, 0.717) is 6.10 Å². The van der Waals surface area contributed by atoms with Crippen LogP contribution in [-0.2, 0) is 4.74 Å². The predicted octanol–water partition coefficient (Wildman–Crippen LogP) is 7.92. The topological polar surface area (TPSA) is 9.23 Å². The first-order valence-electron chi connectivity index (χ1n) is 11.9. The molecule has 0 radical (unpaired) electrons. The van der Waals surface area contributed by atoms with E-state index in [2.05, 4.69) is 13.8 Å². The van der Waals surface area contributed by atoms with Crippen molar-refractivity contribution in [2.45, 2.75) is 129 Å². The van der Waals surface area contributed by atoms with Crippen molar-refractivity contribution in [2.75, 3.05) is 6.61 Å². The second-order valence-corrected chi connectivity index (χ2v) is 9.10. The standard InChI is InChI=1S/C24H46O/c1-3-5-7-9-11-21-12-14-22(15-13-21)23-16-18-24(19-17-23)25-20-10-8-6-4-2/h21-24H,3-20H2,1-2H3/t21-,22-,23-,24-. The van der Waals surface area contributed by atoms with Crippen molar-refractivity contribution in [1.29, 1.82) is 0 Å². The molecule has 0 N–H and O–H groups in total. The Morgan fingerprint density at radius 3 is 1.76 bits per heavy atom. The van der Waals surface area contributed by atoms with Crippen LogP contribution in [-0.4, -0.2) is 12.7 Å². The fourth-order valence-corrected chi connectivity index (χ4v) is 5.31. The minimum atomic E-state index is 0.591. The van der Waals surface area contributed by atoms with Gasteiger partial charge in [-0.3, -0.25) is 0 Å². The summed E-state index contributed by atoms with van der Waals surface area (Å²) in [6.45, 7) is 5.61. The average Bonchev–Trinajstić information content (AvgIpc) is 2.66. The summed E-state index contributed by atoms with van der Waals surface area (Å²) < 4.78 is 6.15. The molecule has 0 heterocycles. The molecule has 0 unspecified atom stereocenters. The summed E-state index contributed by atoms with van der Waals surface area (Å²) in [5.74, 6) is 3.15. The summed E-state index contributed by atoms with van der Waals surface area (Å²) in [5, 5.41) is 0. The molecular weight excluding hydrogens is 304 g/mol. The van der Waals surface area contributed by atoms with Gasteiger partial charge in [-0.05, 0) is 62.7 Å². The highest BCUT2D eigenvalue weighted by Crippen LogP contribution is 2.41. The van der Waals surface area contributed by atoms with E-state index < -0.39 is 0 Å². The van der Waals surface area contributed by atoms with Crippen LogP contribution < -0.4 is 0 Å². The summed E-state index contributed by atoms with van der Waals surface area (Å²) in [7, 11) is 0. The molecule has 0 aromatic heterocycles. The highest BCUT2D eigenvalue weighted by atomic mass is 16.5. The van der Waals surface area contributed by atoms with Crippen LogP contribution >= 0.6 is 0 Å². The van der Waals surface area contributed by atoms with E-state index in [0.717, 1.165) is 24.4 Å². The van der Waals surface area contributed by atoms with E-state index in [1.54, 1.807) is 0 Å². The maximum absolute atomic E-state index is 6.15. The molecule has 0 bridgehead atoms. The molecule has 2 saturated carbocycles. The number of rotatable bonds is 12. The zero-order valence-corrected chi connectivity index (χ0v) is 17.4. The van der Waals surface area contributed by atoms with Gasteiger partial charge in [-0.15, -0.1) is 0 Å². The highest BCUT2D eigenvalue weighted by molar-refractivity contribution is 4.82. The van der Waals surface area contributed by atoms with Gasteiger partial charge in [0.05, 0.1) is 6.10 Å². The smallest absolute Gasteiger partial charge is 0.0575 e. The lowest BCUT2D eigenvalue weighted by atomic mass is 9.70. The third-order valence-corrected chi connectivity index (χ3v) is 7.09. The van der Waals surface area contributed by atoms with Crippen LogP contribution in [0.25, 0.3) is 0 Å². The van der Waals surface area contributed by atoms with Crippen LogP contribution in [0.15, 0.2) is 0 Å². The Balaban J connectivity index is 1.52. The fourth-order valence-electron chi connectivity index (χ4n) is 5.31. The van der Waals surface area contributed by atoms with Crippen molar-refractivity contribution >= 4 is 0 Å². The molecule has 148 valence electrons. The molecule has 25 heavy (non-hydrogen) atoms. The lowest BCUT2D eigenvalue weighted by molar-refractivity contribution is 0.00529. The van der Waals surface area contributed by atoms with Gasteiger partial charge in [-0.2, -0.15) is 0 Å². The molecule has 0 aromatic rings. The molecule has 2 aliphatic carbocycles. The maximum atomic E-state index is 6.15. The van der Waals surface area contributed by atoms with E-state index in [1.807, 2.05) is 0 Å². The van der Waals surface area contributed by atoms with Crippen LogP contribution in [0.3, 0.4) is 0 Å². The summed E-state index contributed by atoms with van der Waals surface area (Å²) in [6.07, 6.45) is 24.9. The molecule has 0 spiro atoms. The zero-order chi connectivity index (χ0) is 17.7. The molecule has 2 fully saturated rings.